The van der Waals surface area contributed by atoms with E-state index in [1.54, 1.807) is 10.6 Å². The number of carbonyl (C=O) groups excluding carboxylic acids is 1. The minimum absolute atomic E-state index is 0.00296. The van der Waals surface area contributed by atoms with Crippen LogP contribution < -0.4 is 9.64 Å². The summed E-state index contributed by atoms with van der Waals surface area (Å²) in [7, 11) is 0. The number of ether oxygens (including phenoxy) is 2. The third kappa shape index (κ3) is 4.63. The Morgan fingerprint density at radius 2 is 1.81 bits per heavy atom. The second-order valence-electron chi connectivity index (χ2n) is 10.9. The Balaban J connectivity index is 1.07. The molecule has 2 aromatic heterocycles. The molecule has 8 nitrogen and oxygen atoms in total. The van der Waals surface area contributed by atoms with Crippen LogP contribution in [0.15, 0.2) is 61.2 Å². The van der Waals surface area contributed by atoms with Crippen LogP contribution in [0.4, 0.5) is 23.2 Å². The number of imidazole rings is 1. The highest BCUT2D eigenvalue weighted by atomic mass is 19.4. The van der Waals surface area contributed by atoms with Crippen molar-refractivity contribution in [3.63, 3.8) is 0 Å². The van der Waals surface area contributed by atoms with Crippen molar-refractivity contribution in [3.05, 3.63) is 72.6 Å². The number of hydrogen-bond acceptors (Lipinski definition) is 6. The third-order valence-electron chi connectivity index (χ3n) is 8.52. The Morgan fingerprint density at radius 1 is 1.02 bits per heavy atom. The van der Waals surface area contributed by atoms with Gasteiger partial charge in [-0.25, -0.2) is 14.2 Å². The fourth-order valence-electron chi connectivity index (χ4n) is 6.43. The average molecular weight is 582 g/mol. The number of piperidine rings is 1. The van der Waals surface area contributed by atoms with Gasteiger partial charge in [0.05, 0.1) is 31.2 Å². The first kappa shape index (κ1) is 26.7. The fraction of sp³-hybridized carbons (Fsp3) is 0.367. The lowest BCUT2D eigenvalue weighted by molar-refractivity contribution is -0.189. The Kier molecular flexibility index (Phi) is 6.52. The molecule has 0 spiro atoms. The predicted octanol–water partition coefficient (Wildman–Crippen LogP) is 5.80. The van der Waals surface area contributed by atoms with Crippen LogP contribution in [0.5, 0.6) is 5.88 Å². The summed E-state index contributed by atoms with van der Waals surface area (Å²) in [6, 6.07) is 12.6. The maximum atomic E-state index is 15.2. The third-order valence-corrected chi connectivity index (χ3v) is 8.52. The molecule has 42 heavy (non-hydrogen) atoms. The Morgan fingerprint density at radius 3 is 2.52 bits per heavy atom. The van der Waals surface area contributed by atoms with Crippen molar-refractivity contribution >= 4 is 11.7 Å². The second-order valence-corrected chi connectivity index (χ2v) is 10.9. The highest BCUT2D eigenvalue weighted by Gasteiger charge is 2.45. The zero-order valence-electron chi connectivity index (χ0n) is 22.4. The number of alkyl halides is 3. The quantitative estimate of drug-likeness (QED) is 0.219. The standard InChI is InChI=1S/C30H27F4N5O3/c31-24-3-1-2-23-25(24)26(38-17-35-28(27(23)38)42-29(40)30(32,33)34)19-8-11-37(12-9-19)21-6-4-18(5-7-21)20-14-36-39(15-20)22-10-13-41-16-22/h1-7,14-15,17,19,22,26H,8-13,16H2/t22-,26?/m1/s1. The van der Waals surface area contributed by atoms with Gasteiger partial charge >= 0.3 is 12.1 Å². The molecule has 0 radical (unpaired) electrons. The molecule has 0 aliphatic carbocycles. The molecule has 1 unspecified atom stereocenters. The molecule has 0 saturated carbocycles. The number of aromatic nitrogens is 4. The van der Waals surface area contributed by atoms with Crippen LogP contribution in [0.2, 0.25) is 0 Å². The average Bonchev–Trinajstić information content (AvgIpc) is 3.79. The lowest BCUT2D eigenvalue weighted by Crippen LogP contribution is -2.36. The molecule has 2 atom stereocenters. The normalized spacial score (nSPS) is 20.5. The molecule has 218 valence electrons. The summed E-state index contributed by atoms with van der Waals surface area (Å²) in [5, 5.41) is 4.52. The number of fused-ring (bicyclic) bond motifs is 3. The number of rotatable bonds is 5. The molecule has 2 aromatic carbocycles. The summed E-state index contributed by atoms with van der Waals surface area (Å²) < 4.78 is 67.5. The summed E-state index contributed by atoms with van der Waals surface area (Å²) in [6.07, 6.45) is 2.51. The monoisotopic (exact) mass is 581 g/mol. The number of esters is 1. The minimum atomic E-state index is -5.17. The molecule has 3 aliphatic heterocycles. The lowest BCUT2D eigenvalue weighted by Gasteiger charge is -2.37. The highest BCUT2D eigenvalue weighted by molar-refractivity contribution is 5.82. The van der Waals surface area contributed by atoms with Gasteiger partial charge in [-0.15, -0.1) is 0 Å². The summed E-state index contributed by atoms with van der Waals surface area (Å²) in [6.45, 7) is 2.90. The fourth-order valence-corrected chi connectivity index (χ4v) is 6.43. The van der Waals surface area contributed by atoms with Gasteiger partial charge in [-0.1, -0.05) is 24.3 Å². The Hall–Kier alpha value is -4.19. The first-order chi connectivity index (χ1) is 20.3. The second kappa shape index (κ2) is 10.3. The van der Waals surface area contributed by atoms with Gasteiger partial charge in [0.25, 0.3) is 0 Å². The van der Waals surface area contributed by atoms with E-state index in [2.05, 4.69) is 50.2 Å². The van der Waals surface area contributed by atoms with E-state index in [9.17, 15) is 18.0 Å². The van der Waals surface area contributed by atoms with Crippen molar-refractivity contribution in [2.75, 3.05) is 31.2 Å². The van der Waals surface area contributed by atoms with Gasteiger partial charge in [0.2, 0.25) is 5.88 Å². The molecule has 2 saturated heterocycles. The molecule has 0 bridgehead atoms. The molecule has 12 heteroatoms. The van der Waals surface area contributed by atoms with Crippen LogP contribution >= 0.6 is 0 Å². The van der Waals surface area contributed by atoms with Gasteiger partial charge in [-0.3, -0.25) is 4.68 Å². The topological polar surface area (TPSA) is 74.4 Å². The number of carbonyl (C=O) groups is 1. The molecule has 4 aromatic rings. The SMILES string of the molecule is O=C(Oc1ncn2c1-c1cccc(F)c1C2C1CCN(c2ccc(-c3cnn([C@@H]4CCOC4)c3)cc2)CC1)C(F)(F)F. The van der Waals surface area contributed by atoms with Crippen molar-refractivity contribution in [1.82, 2.24) is 19.3 Å². The molecular formula is C30H27F4N5O3. The van der Waals surface area contributed by atoms with E-state index in [0.717, 1.165) is 55.8 Å². The van der Waals surface area contributed by atoms with Crippen molar-refractivity contribution in [2.45, 2.75) is 37.5 Å². The van der Waals surface area contributed by atoms with E-state index >= 15 is 4.39 Å². The van der Waals surface area contributed by atoms with E-state index in [1.807, 2.05) is 10.9 Å². The van der Waals surface area contributed by atoms with Crippen molar-refractivity contribution < 1.29 is 31.8 Å². The lowest BCUT2D eigenvalue weighted by atomic mass is 9.85. The van der Waals surface area contributed by atoms with Gasteiger partial charge in [-0.2, -0.15) is 18.3 Å². The van der Waals surface area contributed by atoms with Gasteiger partial charge in [-0.05, 0) is 48.9 Å². The maximum Gasteiger partial charge on any atom is 0.491 e. The van der Waals surface area contributed by atoms with E-state index < -0.39 is 29.9 Å². The van der Waals surface area contributed by atoms with Gasteiger partial charge in [0.1, 0.15) is 11.5 Å². The molecule has 7 rings (SSSR count). The summed E-state index contributed by atoms with van der Waals surface area (Å²) in [5.74, 6) is -3.27. The summed E-state index contributed by atoms with van der Waals surface area (Å²) >= 11 is 0. The van der Waals surface area contributed by atoms with Crippen LogP contribution in [0.3, 0.4) is 0 Å². The molecule has 0 N–H and O–H groups in total. The summed E-state index contributed by atoms with van der Waals surface area (Å²) in [5.41, 5.74) is 4.18. The first-order valence-electron chi connectivity index (χ1n) is 13.9. The zero-order chi connectivity index (χ0) is 29.0. The van der Waals surface area contributed by atoms with Gasteiger partial charge < -0.3 is 18.9 Å². The maximum absolute atomic E-state index is 15.2. The Labute approximate surface area is 238 Å². The zero-order valence-corrected chi connectivity index (χ0v) is 22.4. The van der Waals surface area contributed by atoms with E-state index in [4.69, 9.17) is 4.74 Å². The van der Waals surface area contributed by atoms with E-state index in [1.165, 1.54) is 18.5 Å². The molecule has 0 amide bonds. The first-order valence-corrected chi connectivity index (χ1v) is 13.9. The van der Waals surface area contributed by atoms with Crippen molar-refractivity contribution in [1.29, 1.82) is 0 Å². The van der Waals surface area contributed by atoms with Crippen LogP contribution in [-0.2, 0) is 9.53 Å². The van der Waals surface area contributed by atoms with Crippen LogP contribution in [0.1, 0.15) is 36.9 Å². The predicted molar refractivity (Wildman–Crippen MR) is 145 cm³/mol. The van der Waals surface area contributed by atoms with Crippen molar-refractivity contribution in [3.8, 4) is 28.3 Å². The number of benzene rings is 2. The number of halogens is 4. The highest BCUT2D eigenvalue weighted by Crippen LogP contribution is 2.50. The van der Waals surface area contributed by atoms with E-state index in [-0.39, 0.29) is 17.7 Å². The van der Waals surface area contributed by atoms with Crippen LogP contribution in [0.25, 0.3) is 22.4 Å². The molecule has 3 aliphatic rings. The summed E-state index contributed by atoms with van der Waals surface area (Å²) in [4.78, 5) is 17.8. The number of hydrogen-bond donors (Lipinski definition) is 0. The smallest absolute Gasteiger partial charge is 0.398 e. The largest absolute Gasteiger partial charge is 0.491 e. The minimum Gasteiger partial charge on any atom is -0.398 e. The van der Waals surface area contributed by atoms with Gasteiger partial charge in [0, 0.05) is 48.3 Å². The molecular weight excluding hydrogens is 554 g/mol. The van der Waals surface area contributed by atoms with Crippen molar-refractivity contribution in [2.24, 2.45) is 5.92 Å². The van der Waals surface area contributed by atoms with Crippen LogP contribution in [0, 0.1) is 11.7 Å². The Bertz CT molecular complexity index is 1620. The number of anilines is 1. The van der Waals surface area contributed by atoms with E-state index in [0.29, 0.717) is 17.7 Å². The van der Waals surface area contributed by atoms with Crippen LogP contribution in [-0.4, -0.2) is 57.8 Å². The molecule has 2 fully saturated rings. The molecule has 5 heterocycles. The van der Waals surface area contributed by atoms with Gasteiger partial charge in [0.15, 0.2) is 0 Å². The number of nitrogens with zero attached hydrogens (tertiary/aromatic N) is 5.